The molecule has 0 radical (unpaired) electrons. The predicted octanol–water partition coefficient (Wildman–Crippen LogP) is 2.31. The average molecular weight is 341 g/mol. The van der Waals surface area contributed by atoms with E-state index < -0.39 is 12.0 Å². The maximum Gasteiger partial charge on any atom is 0.320 e. The fourth-order valence-corrected chi connectivity index (χ4v) is 2.89. The molecule has 0 saturated carbocycles. The van der Waals surface area contributed by atoms with E-state index in [-0.39, 0.29) is 24.9 Å². The third-order valence-corrected chi connectivity index (χ3v) is 4.33. The molecule has 2 rings (SSSR count). The first-order valence-electron chi connectivity index (χ1n) is 7.74. The van der Waals surface area contributed by atoms with Crippen LogP contribution in [0.15, 0.2) is 24.3 Å². The average Bonchev–Trinajstić information content (AvgIpc) is 2.49. The van der Waals surface area contributed by atoms with E-state index in [0.29, 0.717) is 19.5 Å². The van der Waals surface area contributed by atoms with Crippen LogP contribution in [0.2, 0.25) is 0 Å². The normalized spacial score (nSPS) is 18.1. The number of aryl methyl sites for hydroxylation is 1. The molecule has 0 spiro atoms. The second kappa shape index (κ2) is 8.89. The van der Waals surface area contributed by atoms with Crippen LogP contribution in [0.1, 0.15) is 30.4 Å². The number of benzene rings is 1. The molecule has 1 saturated heterocycles. The van der Waals surface area contributed by atoms with Crippen molar-refractivity contribution in [2.45, 2.75) is 38.8 Å². The number of rotatable bonds is 5. The molecule has 1 atom stereocenters. The predicted molar refractivity (Wildman–Crippen MR) is 91.7 cm³/mol. The molecule has 128 valence electrons. The summed E-state index contributed by atoms with van der Waals surface area (Å²) in [5.41, 5.74) is 2.27. The highest BCUT2D eigenvalue weighted by Gasteiger charge is 2.30. The Hall–Kier alpha value is -1.59. The molecule has 1 amide bonds. The molecule has 1 aliphatic rings. The first-order chi connectivity index (χ1) is 10.5. The van der Waals surface area contributed by atoms with Crippen molar-refractivity contribution < 1.29 is 14.7 Å². The minimum atomic E-state index is -0.825. The molecule has 6 heteroatoms. The van der Waals surface area contributed by atoms with Gasteiger partial charge in [0.1, 0.15) is 6.04 Å². The Bertz CT molecular complexity index is 550. The molecular weight excluding hydrogens is 316 g/mol. The van der Waals surface area contributed by atoms with Gasteiger partial charge in [0.15, 0.2) is 0 Å². The number of carbonyl (C=O) groups is 2. The second-order valence-corrected chi connectivity index (χ2v) is 6.00. The fraction of sp³-hybridized carbons (Fsp3) is 0.529. The molecule has 1 aliphatic heterocycles. The zero-order chi connectivity index (χ0) is 16.1. The Morgan fingerprint density at radius 1 is 1.30 bits per heavy atom. The number of hydrogen-bond donors (Lipinski definition) is 1. The van der Waals surface area contributed by atoms with Gasteiger partial charge in [0.05, 0.1) is 6.54 Å². The van der Waals surface area contributed by atoms with E-state index in [1.54, 1.807) is 16.8 Å². The number of likely N-dealkylation sites (tertiary alicyclic amines) is 1. The van der Waals surface area contributed by atoms with Gasteiger partial charge in [0, 0.05) is 13.6 Å². The Balaban J connectivity index is 0.00000264. The van der Waals surface area contributed by atoms with Crippen LogP contribution < -0.4 is 0 Å². The molecule has 0 aliphatic carbocycles. The van der Waals surface area contributed by atoms with Gasteiger partial charge in [-0.1, -0.05) is 30.7 Å². The van der Waals surface area contributed by atoms with Crippen molar-refractivity contribution in [3.05, 3.63) is 35.4 Å². The van der Waals surface area contributed by atoms with Gasteiger partial charge < -0.3 is 10.0 Å². The highest BCUT2D eigenvalue weighted by atomic mass is 35.5. The van der Waals surface area contributed by atoms with Crippen LogP contribution >= 0.6 is 12.4 Å². The number of carbonyl (C=O) groups excluding carboxylic acids is 1. The third-order valence-electron chi connectivity index (χ3n) is 4.33. The van der Waals surface area contributed by atoms with Gasteiger partial charge >= 0.3 is 5.97 Å². The molecule has 1 aromatic carbocycles. The monoisotopic (exact) mass is 340 g/mol. The van der Waals surface area contributed by atoms with E-state index in [4.69, 9.17) is 0 Å². The van der Waals surface area contributed by atoms with Crippen LogP contribution in [0.25, 0.3) is 0 Å². The lowest BCUT2D eigenvalue weighted by molar-refractivity contribution is -0.146. The van der Waals surface area contributed by atoms with E-state index in [1.165, 1.54) is 0 Å². The minimum absolute atomic E-state index is 0. The number of nitrogens with zero attached hydrogens (tertiary/aromatic N) is 2. The molecule has 1 unspecified atom stereocenters. The Kier molecular flexibility index (Phi) is 7.52. The van der Waals surface area contributed by atoms with Crippen molar-refractivity contribution in [3.8, 4) is 0 Å². The van der Waals surface area contributed by atoms with E-state index >= 15 is 0 Å². The first-order valence-corrected chi connectivity index (χ1v) is 7.74. The third kappa shape index (κ3) is 5.22. The second-order valence-electron chi connectivity index (χ2n) is 6.00. The van der Waals surface area contributed by atoms with Crippen molar-refractivity contribution in [2.24, 2.45) is 0 Å². The van der Waals surface area contributed by atoms with E-state index in [1.807, 2.05) is 31.2 Å². The fourth-order valence-electron chi connectivity index (χ4n) is 2.89. The van der Waals surface area contributed by atoms with Crippen LogP contribution in [-0.4, -0.2) is 53.0 Å². The maximum atomic E-state index is 12.4. The zero-order valence-electron chi connectivity index (χ0n) is 13.7. The Morgan fingerprint density at radius 3 is 2.65 bits per heavy atom. The van der Waals surface area contributed by atoms with Gasteiger partial charge in [-0.25, -0.2) is 0 Å². The highest BCUT2D eigenvalue weighted by Crippen LogP contribution is 2.17. The molecular formula is C17H25ClN2O3. The summed E-state index contributed by atoms with van der Waals surface area (Å²) in [6.07, 6.45) is 2.50. The summed E-state index contributed by atoms with van der Waals surface area (Å²) in [7, 11) is 1.77. The summed E-state index contributed by atoms with van der Waals surface area (Å²) in [6.45, 7) is 3.44. The summed E-state index contributed by atoms with van der Waals surface area (Å²) >= 11 is 0. The van der Waals surface area contributed by atoms with Crippen LogP contribution in [0.3, 0.4) is 0 Å². The van der Waals surface area contributed by atoms with Gasteiger partial charge in [-0.2, -0.15) is 0 Å². The van der Waals surface area contributed by atoms with Gasteiger partial charge in [-0.05, 0) is 37.4 Å². The molecule has 1 heterocycles. The van der Waals surface area contributed by atoms with Crippen LogP contribution in [0.5, 0.6) is 0 Å². The first kappa shape index (κ1) is 19.5. The van der Waals surface area contributed by atoms with Gasteiger partial charge in [-0.15, -0.1) is 12.4 Å². The van der Waals surface area contributed by atoms with Crippen LogP contribution in [-0.2, 0) is 16.1 Å². The number of carboxylic acids is 1. The molecule has 5 nitrogen and oxygen atoms in total. The van der Waals surface area contributed by atoms with E-state index in [0.717, 1.165) is 24.0 Å². The van der Waals surface area contributed by atoms with E-state index in [2.05, 4.69) is 0 Å². The highest BCUT2D eigenvalue weighted by molar-refractivity contribution is 5.85. The number of piperidine rings is 1. The standard InChI is InChI=1S/C17H24N2O3.ClH/c1-13-7-3-4-8-14(13)11-18(2)16(20)12-19-10-6-5-9-15(19)17(21)22;/h3-4,7-8,15H,5-6,9-12H2,1-2H3,(H,21,22);1H. The van der Waals surface area contributed by atoms with Gasteiger partial charge in [-0.3, -0.25) is 14.5 Å². The van der Waals surface area contributed by atoms with Gasteiger partial charge in [0.25, 0.3) is 0 Å². The van der Waals surface area contributed by atoms with Crippen molar-refractivity contribution >= 4 is 24.3 Å². The summed E-state index contributed by atoms with van der Waals surface area (Å²) in [5.74, 6) is -0.856. The SMILES string of the molecule is Cc1ccccc1CN(C)C(=O)CN1CCCCC1C(=O)O.Cl. The number of aliphatic carboxylic acids is 1. The molecule has 1 fully saturated rings. The number of likely N-dealkylation sites (N-methyl/N-ethyl adjacent to an activating group) is 1. The summed E-state index contributed by atoms with van der Waals surface area (Å²) < 4.78 is 0. The van der Waals surface area contributed by atoms with Crippen molar-refractivity contribution in [1.29, 1.82) is 0 Å². The Morgan fingerprint density at radius 2 is 2.00 bits per heavy atom. The smallest absolute Gasteiger partial charge is 0.320 e. The number of carboxylic acid groups (broad SMARTS) is 1. The Labute approximate surface area is 143 Å². The lowest BCUT2D eigenvalue weighted by Gasteiger charge is -2.33. The molecule has 0 bridgehead atoms. The molecule has 0 aromatic heterocycles. The summed E-state index contributed by atoms with van der Waals surface area (Å²) in [4.78, 5) is 27.1. The van der Waals surface area contributed by atoms with Crippen LogP contribution in [0.4, 0.5) is 0 Å². The topological polar surface area (TPSA) is 60.9 Å². The summed E-state index contributed by atoms with van der Waals surface area (Å²) in [5, 5.41) is 9.27. The zero-order valence-corrected chi connectivity index (χ0v) is 14.5. The summed E-state index contributed by atoms with van der Waals surface area (Å²) in [6, 6.07) is 7.46. The lowest BCUT2D eigenvalue weighted by Crippen LogP contribution is -2.49. The quantitative estimate of drug-likeness (QED) is 0.893. The number of hydrogen-bond acceptors (Lipinski definition) is 3. The maximum absolute atomic E-state index is 12.4. The van der Waals surface area contributed by atoms with Crippen molar-refractivity contribution in [3.63, 3.8) is 0 Å². The minimum Gasteiger partial charge on any atom is -0.480 e. The van der Waals surface area contributed by atoms with E-state index in [9.17, 15) is 14.7 Å². The largest absolute Gasteiger partial charge is 0.480 e. The molecule has 23 heavy (non-hydrogen) atoms. The van der Waals surface area contributed by atoms with Crippen molar-refractivity contribution in [1.82, 2.24) is 9.80 Å². The van der Waals surface area contributed by atoms with Crippen molar-refractivity contribution in [2.75, 3.05) is 20.1 Å². The van der Waals surface area contributed by atoms with Crippen LogP contribution in [0, 0.1) is 6.92 Å². The van der Waals surface area contributed by atoms with Gasteiger partial charge in [0.2, 0.25) is 5.91 Å². The number of amides is 1. The lowest BCUT2D eigenvalue weighted by atomic mass is 10.0. The molecule has 1 aromatic rings. The number of halogens is 1. The molecule has 1 N–H and O–H groups in total.